The lowest BCUT2D eigenvalue weighted by molar-refractivity contribution is -0.148. The van der Waals surface area contributed by atoms with Crippen molar-refractivity contribution in [1.29, 1.82) is 0 Å². The van der Waals surface area contributed by atoms with Crippen LogP contribution >= 0.6 is 0 Å². The smallest absolute Gasteiger partial charge is 0.323 e. The summed E-state index contributed by atoms with van der Waals surface area (Å²) in [6, 6.07) is 0.455. The van der Waals surface area contributed by atoms with Gasteiger partial charge in [-0.1, -0.05) is 39.0 Å². The average Bonchev–Trinajstić information content (AvgIpc) is 2.46. The SMILES string of the molecule is CCOC(=O)C(NC1CCCCC1)C1CCCC(C)C1. The highest BCUT2D eigenvalue weighted by Gasteiger charge is 2.34. The van der Waals surface area contributed by atoms with E-state index in [2.05, 4.69) is 12.2 Å². The summed E-state index contributed by atoms with van der Waals surface area (Å²) in [5.74, 6) is 1.20. The van der Waals surface area contributed by atoms with Gasteiger partial charge in [0.2, 0.25) is 0 Å². The molecule has 0 saturated heterocycles. The van der Waals surface area contributed by atoms with Crippen LogP contribution in [0.3, 0.4) is 0 Å². The van der Waals surface area contributed by atoms with Crippen LogP contribution < -0.4 is 5.32 Å². The number of hydrogen-bond donors (Lipinski definition) is 1. The molecule has 0 aromatic carbocycles. The molecule has 2 saturated carbocycles. The van der Waals surface area contributed by atoms with E-state index in [0.717, 1.165) is 5.92 Å². The zero-order valence-electron chi connectivity index (χ0n) is 13.2. The molecule has 0 radical (unpaired) electrons. The summed E-state index contributed by atoms with van der Waals surface area (Å²) >= 11 is 0. The molecule has 1 N–H and O–H groups in total. The standard InChI is InChI=1S/C17H31NO2/c1-3-20-17(19)16(14-9-7-8-13(2)12-14)18-15-10-5-4-6-11-15/h13-16,18H,3-12H2,1-2H3. The van der Waals surface area contributed by atoms with Gasteiger partial charge >= 0.3 is 5.97 Å². The van der Waals surface area contributed by atoms with Gasteiger partial charge in [-0.3, -0.25) is 4.79 Å². The number of carbonyl (C=O) groups excluding carboxylic acids is 1. The molecule has 2 fully saturated rings. The molecule has 2 aliphatic rings. The van der Waals surface area contributed by atoms with Crippen LogP contribution in [0.4, 0.5) is 0 Å². The maximum absolute atomic E-state index is 12.3. The Hall–Kier alpha value is -0.570. The van der Waals surface area contributed by atoms with Crippen LogP contribution in [0.5, 0.6) is 0 Å². The van der Waals surface area contributed by atoms with E-state index >= 15 is 0 Å². The van der Waals surface area contributed by atoms with E-state index in [4.69, 9.17) is 4.74 Å². The molecule has 0 spiro atoms. The van der Waals surface area contributed by atoms with Crippen LogP contribution in [-0.4, -0.2) is 24.7 Å². The highest BCUT2D eigenvalue weighted by atomic mass is 16.5. The third-order valence-electron chi connectivity index (χ3n) is 5.01. The molecular weight excluding hydrogens is 250 g/mol. The fraction of sp³-hybridized carbons (Fsp3) is 0.941. The zero-order valence-corrected chi connectivity index (χ0v) is 13.2. The molecule has 116 valence electrons. The topological polar surface area (TPSA) is 38.3 Å². The molecule has 0 heterocycles. The second-order valence-corrected chi connectivity index (χ2v) is 6.76. The van der Waals surface area contributed by atoms with E-state index in [9.17, 15) is 4.79 Å². The van der Waals surface area contributed by atoms with Gasteiger partial charge in [0, 0.05) is 6.04 Å². The molecule has 3 nitrogen and oxygen atoms in total. The molecule has 0 bridgehead atoms. The molecule has 3 unspecified atom stereocenters. The van der Waals surface area contributed by atoms with Crippen LogP contribution in [0.15, 0.2) is 0 Å². The Morgan fingerprint density at radius 3 is 2.55 bits per heavy atom. The first-order chi connectivity index (χ1) is 9.70. The summed E-state index contributed by atoms with van der Waals surface area (Å²) < 4.78 is 5.33. The van der Waals surface area contributed by atoms with Gasteiger partial charge in [0.1, 0.15) is 6.04 Å². The Morgan fingerprint density at radius 2 is 1.90 bits per heavy atom. The molecule has 20 heavy (non-hydrogen) atoms. The molecule has 3 atom stereocenters. The number of nitrogens with one attached hydrogen (secondary N) is 1. The second kappa shape index (κ2) is 8.02. The van der Waals surface area contributed by atoms with Crippen molar-refractivity contribution < 1.29 is 9.53 Å². The molecule has 0 amide bonds. The summed E-state index contributed by atoms with van der Waals surface area (Å²) in [6.45, 7) is 4.71. The lowest BCUT2D eigenvalue weighted by Gasteiger charge is -2.35. The normalized spacial score (nSPS) is 29.9. The first kappa shape index (κ1) is 15.8. The quantitative estimate of drug-likeness (QED) is 0.781. The zero-order chi connectivity index (χ0) is 14.4. The monoisotopic (exact) mass is 281 g/mol. The maximum atomic E-state index is 12.3. The Bertz CT molecular complexity index is 299. The Balaban J connectivity index is 1.97. The summed E-state index contributed by atoms with van der Waals surface area (Å²) in [5, 5.41) is 3.66. The predicted octanol–water partition coefficient (Wildman–Crippen LogP) is 3.67. The molecule has 0 aromatic heterocycles. The maximum Gasteiger partial charge on any atom is 0.323 e. The fourth-order valence-electron chi connectivity index (χ4n) is 3.94. The summed E-state index contributed by atoms with van der Waals surface area (Å²) in [4.78, 5) is 12.3. The van der Waals surface area contributed by atoms with Gasteiger partial charge in [-0.2, -0.15) is 0 Å². The average molecular weight is 281 g/mol. The van der Waals surface area contributed by atoms with E-state index in [1.165, 1.54) is 57.8 Å². The van der Waals surface area contributed by atoms with E-state index < -0.39 is 0 Å². The summed E-state index contributed by atoms with van der Waals surface area (Å²) in [6.07, 6.45) is 11.3. The third-order valence-corrected chi connectivity index (χ3v) is 5.01. The van der Waals surface area contributed by atoms with Crippen LogP contribution in [-0.2, 0) is 9.53 Å². The third kappa shape index (κ3) is 4.47. The van der Waals surface area contributed by atoms with Crippen molar-refractivity contribution >= 4 is 5.97 Å². The van der Waals surface area contributed by atoms with Gasteiger partial charge in [-0.25, -0.2) is 0 Å². The minimum absolute atomic E-state index is 0.0165. The van der Waals surface area contributed by atoms with Crippen molar-refractivity contribution in [2.45, 2.75) is 83.7 Å². The van der Waals surface area contributed by atoms with Crippen molar-refractivity contribution in [2.75, 3.05) is 6.61 Å². The first-order valence-corrected chi connectivity index (χ1v) is 8.63. The highest BCUT2D eigenvalue weighted by Crippen LogP contribution is 2.32. The lowest BCUT2D eigenvalue weighted by Crippen LogP contribution is -2.50. The van der Waals surface area contributed by atoms with Gasteiger partial charge in [-0.15, -0.1) is 0 Å². The van der Waals surface area contributed by atoms with Crippen LogP contribution in [0.2, 0.25) is 0 Å². The summed E-state index contributed by atoms with van der Waals surface area (Å²) in [7, 11) is 0. The number of hydrogen-bond acceptors (Lipinski definition) is 3. The van der Waals surface area contributed by atoms with Gasteiger partial charge in [0.05, 0.1) is 6.61 Å². The molecule has 2 aliphatic carbocycles. The van der Waals surface area contributed by atoms with Crippen molar-refractivity contribution in [3.05, 3.63) is 0 Å². The van der Waals surface area contributed by atoms with Crippen LogP contribution in [0, 0.1) is 11.8 Å². The molecule has 2 rings (SSSR count). The van der Waals surface area contributed by atoms with E-state index in [1.54, 1.807) is 0 Å². The Labute approximate surface area is 123 Å². The van der Waals surface area contributed by atoms with Crippen molar-refractivity contribution in [2.24, 2.45) is 11.8 Å². The number of ether oxygens (including phenoxy) is 1. The van der Waals surface area contributed by atoms with Crippen LogP contribution in [0.1, 0.15) is 71.6 Å². The van der Waals surface area contributed by atoms with Gasteiger partial charge in [0.25, 0.3) is 0 Å². The predicted molar refractivity (Wildman–Crippen MR) is 81.6 cm³/mol. The fourth-order valence-corrected chi connectivity index (χ4v) is 3.94. The molecule has 0 aliphatic heterocycles. The van der Waals surface area contributed by atoms with Gasteiger partial charge in [-0.05, 0) is 44.4 Å². The number of rotatable bonds is 5. The van der Waals surface area contributed by atoms with Crippen LogP contribution in [0.25, 0.3) is 0 Å². The Kier molecular flexibility index (Phi) is 6.34. The van der Waals surface area contributed by atoms with Gasteiger partial charge < -0.3 is 10.1 Å². The lowest BCUT2D eigenvalue weighted by atomic mass is 9.78. The molecular formula is C17H31NO2. The van der Waals surface area contributed by atoms with E-state index in [1.807, 2.05) is 6.92 Å². The van der Waals surface area contributed by atoms with Crippen molar-refractivity contribution in [3.8, 4) is 0 Å². The van der Waals surface area contributed by atoms with Gasteiger partial charge in [0.15, 0.2) is 0 Å². The van der Waals surface area contributed by atoms with E-state index in [-0.39, 0.29) is 12.0 Å². The minimum atomic E-state index is -0.0687. The first-order valence-electron chi connectivity index (χ1n) is 8.63. The second-order valence-electron chi connectivity index (χ2n) is 6.76. The summed E-state index contributed by atoms with van der Waals surface area (Å²) in [5.41, 5.74) is 0. The van der Waals surface area contributed by atoms with Crippen molar-refractivity contribution in [1.82, 2.24) is 5.32 Å². The largest absolute Gasteiger partial charge is 0.465 e. The Morgan fingerprint density at radius 1 is 1.15 bits per heavy atom. The molecule has 3 heteroatoms. The van der Waals surface area contributed by atoms with Crippen molar-refractivity contribution in [3.63, 3.8) is 0 Å². The van der Waals surface area contributed by atoms with E-state index in [0.29, 0.717) is 18.6 Å². The number of carbonyl (C=O) groups is 1. The molecule has 0 aromatic rings. The minimum Gasteiger partial charge on any atom is -0.465 e. The number of esters is 1. The highest BCUT2D eigenvalue weighted by molar-refractivity contribution is 5.76.